The molecule has 1 fully saturated rings. The van der Waals surface area contributed by atoms with E-state index in [1.54, 1.807) is 7.05 Å². The van der Waals surface area contributed by atoms with Crippen molar-refractivity contribution in [1.82, 2.24) is 24.4 Å². The number of H-pyrrole nitrogens is 1. The van der Waals surface area contributed by atoms with E-state index in [9.17, 15) is 13.2 Å². The summed E-state index contributed by atoms with van der Waals surface area (Å²) < 4.78 is 24.5. The topological polar surface area (TPSA) is 99.3 Å². The first-order chi connectivity index (χ1) is 8.89. The van der Waals surface area contributed by atoms with Gasteiger partial charge in [0.25, 0.3) is 0 Å². The van der Waals surface area contributed by atoms with Gasteiger partial charge in [0, 0.05) is 13.6 Å². The van der Waals surface area contributed by atoms with Crippen LogP contribution in [0.1, 0.15) is 18.7 Å². The quantitative estimate of drug-likeness (QED) is 0.780. The van der Waals surface area contributed by atoms with Crippen molar-refractivity contribution in [2.75, 3.05) is 19.8 Å². The molecule has 1 atom stereocenters. The number of carbonyl (C=O) groups is 1. The summed E-state index contributed by atoms with van der Waals surface area (Å²) in [6, 6.07) is -0.595. The lowest BCUT2D eigenvalue weighted by Gasteiger charge is -2.25. The molecule has 1 aliphatic heterocycles. The molecule has 8 nitrogen and oxygen atoms in total. The molecule has 1 aromatic heterocycles. The van der Waals surface area contributed by atoms with E-state index in [-0.39, 0.29) is 12.5 Å². The number of hydrogen-bond acceptors (Lipinski definition) is 5. The number of hydrogen-bond donors (Lipinski definition) is 1. The van der Waals surface area contributed by atoms with E-state index < -0.39 is 16.1 Å². The zero-order chi connectivity index (χ0) is 14.0. The minimum Gasteiger partial charge on any atom is -0.337 e. The van der Waals surface area contributed by atoms with Gasteiger partial charge in [0.1, 0.15) is 18.2 Å². The highest BCUT2D eigenvalue weighted by Gasteiger charge is 2.37. The van der Waals surface area contributed by atoms with Crippen LogP contribution in [0.4, 0.5) is 0 Å². The molecular formula is C10H17N5O3S. The lowest BCUT2D eigenvalue weighted by molar-refractivity contribution is -0.133. The van der Waals surface area contributed by atoms with Crippen LogP contribution < -0.4 is 0 Å². The maximum atomic E-state index is 12.3. The molecule has 19 heavy (non-hydrogen) atoms. The van der Waals surface area contributed by atoms with Gasteiger partial charge in [-0.05, 0) is 12.8 Å². The number of rotatable bonds is 4. The maximum Gasteiger partial charge on any atom is 0.241 e. The van der Waals surface area contributed by atoms with Gasteiger partial charge in [0.05, 0.1) is 12.8 Å². The van der Waals surface area contributed by atoms with Crippen molar-refractivity contribution in [1.29, 1.82) is 0 Å². The lowest BCUT2D eigenvalue weighted by atomic mass is 10.2. The normalized spacial score (nSPS) is 20.6. The Morgan fingerprint density at radius 3 is 2.95 bits per heavy atom. The molecule has 1 aromatic rings. The largest absolute Gasteiger partial charge is 0.337 e. The third-order valence-electron chi connectivity index (χ3n) is 3.14. The number of nitrogens with zero attached hydrogens (tertiary/aromatic N) is 4. The van der Waals surface area contributed by atoms with Crippen molar-refractivity contribution in [3.8, 4) is 0 Å². The zero-order valence-corrected chi connectivity index (χ0v) is 11.7. The molecule has 2 heterocycles. The monoisotopic (exact) mass is 287 g/mol. The Morgan fingerprint density at radius 2 is 2.37 bits per heavy atom. The second kappa shape index (κ2) is 5.25. The number of aromatic amines is 1. The second-order valence-electron chi connectivity index (χ2n) is 4.66. The van der Waals surface area contributed by atoms with Gasteiger partial charge in [0.2, 0.25) is 15.9 Å². The maximum absolute atomic E-state index is 12.3. The first-order valence-electron chi connectivity index (χ1n) is 5.95. The van der Waals surface area contributed by atoms with Gasteiger partial charge in [-0.3, -0.25) is 9.89 Å². The first-order valence-corrected chi connectivity index (χ1v) is 7.80. The standard InChI is InChI=1S/C10H17N5O3S/c1-14(6-9-11-7-12-13-9)10(16)8-4-3-5-15(8)19(2,17)18/h7-8H,3-6H2,1-2H3,(H,11,12,13). The van der Waals surface area contributed by atoms with E-state index in [1.165, 1.54) is 15.5 Å². The van der Waals surface area contributed by atoms with Crippen LogP contribution >= 0.6 is 0 Å². The van der Waals surface area contributed by atoms with Gasteiger partial charge < -0.3 is 4.90 Å². The molecule has 0 saturated carbocycles. The fourth-order valence-electron chi connectivity index (χ4n) is 2.25. The van der Waals surface area contributed by atoms with Gasteiger partial charge in [-0.2, -0.15) is 9.40 Å². The van der Waals surface area contributed by atoms with Crippen LogP contribution in [0.15, 0.2) is 6.33 Å². The Bertz CT molecular complexity index is 542. The fraction of sp³-hybridized carbons (Fsp3) is 0.700. The molecule has 2 rings (SSSR count). The van der Waals surface area contributed by atoms with E-state index in [2.05, 4.69) is 15.2 Å². The summed E-state index contributed by atoms with van der Waals surface area (Å²) in [6.45, 7) is 0.693. The van der Waals surface area contributed by atoms with Crippen molar-refractivity contribution >= 4 is 15.9 Å². The van der Waals surface area contributed by atoms with Crippen LogP contribution in [0.5, 0.6) is 0 Å². The fourth-order valence-corrected chi connectivity index (χ4v) is 3.37. The predicted molar refractivity (Wildman–Crippen MR) is 67.4 cm³/mol. The van der Waals surface area contributed by atoms with Crippen LogP contribution in [-0.2, 0) is 21.4 Å². The summed E-state index contributed by atoms with van der Waals surface area (Å²) >= 11 is 0. The third kappa shape index (κ3) is 3.10. The molecule has 106 valence electrons. The predicted octanol–water partition coefficient (Wildman–Crippen LogP) is -0.813. The molecular weight excluding hydrogens is 270 g/mol. The summed E-state index contributed by atoms with van der Waals surface area (Å²) in [5.41, 5.74) is 0. The van der Waals surface area contributed by atoms with Gasteiger partial charge in [0.15, 0.2) is 0 Å². The summed E-state index contributed by atoms with van der Waals surface area (Å²) in [6.07, 6.45) is 3.77. The molecule has 9 heteroatoms. The molecule has 1 aliphatic rings. The van der Waals surface area contributed by atoms with E-state index >= 15 is 0 Å². The molecule has 0 bridgehead atoms. The molecule has 1 N–H and O–H groups in total. The minimum atomic E-state index is -3.34. The Labute approximate surface area is 111 Å². The summed E-state index contributed by atoms with van der Waals surface area (Å²) in [7, 11) is -1.71. The van der Waals surface area contributed by atoms with E-state index in [1.807, 2.05) is 0 Å². The molecule has 0 radical (unpaired) electrons. The Hall–Kier alpha value is -1.48. The Morgan fingerprint density at radius 1 is 1.63 bits per heavy atom. The van der Waals surface area contributed by atoms with Gasteiger partial charge in [-0.15, -0.1) is 0 Å². The van der Waals surface area contributed by atoms with E-state index in [0.29, 0.717) is 25.2 Å². The second-order valence-corrected chi connectivity index (χ2v) is 6.59. The lowest BCUT2D eigenvalue weighted by Crippen LogP contribution is -2.46. The number of likely N-dealkylation sites (N-methyl/N-ethyl adjacent to an activating group) is 1. The van der Waals surface area contributed by atoms with E-state index in [4.69, 9.17) is 0 Å². The highest BCUT2D eigenvalue weighted by atomic mass is 32.2. The first kappa shape index (κ1) is 13.9. The average Bonchev–Trinajstić information content (AvgIpc) is 2.96. The molecule has 1 amide bonds. The van der Waals surface area contributed by atoms with Gasteiger partial charge in [-0.25, -0.2) is 13.4 Å². The average molecular weight is 287 g/mol. The van der Waals surface area contributed by atoms with Crippen molar-refractivity contribution < 1.29 is 13.2 Å². The van der Waals surface area contributed by atoms with Gasteiger partial charge >= 0.3 is 0 Å². The minimum absolute atomic E-state index is 0.209. The Kier molecular flexibility index (Phi) is 3.85. The number of sulfonamides is 1. The van der Waals surface area contributed by atoms with Crippen LogP contribution in [-0.4, -0.2) is 64.6 Å². The van der Waals surface area contributed by atoms with Crippen molar-refractivity contribution in [2.45, 2.75) is 25.4 Å². The van der Waals surface area contributed by atoms with Crippen LogP contribution in [0.2, 0.25) is 0 Å². The summed E-state index contributed by atoms with van der Waals surface area (Å²) in [4.78, 5) is 17.7. The molecule has 0 spiro atoms. The smallest absolute Gasteiger partial charge is 0.241 e. The van der Waals surface area contributed by atoms with Crippen LogP contribution in [0, 0.1) is 0 Å². The van der Waals surface area contributed by atoms with Crippen molar-refractivity contribution in [3.63, 3.8) is 0 Å². The zero-order valence-electron chi connectivity index (χ0n) is 10.9. The SMILES string of the molecule is CN(Cc1ncn[nH]1)C(=O)C1CCCN1S(C)(=O)=O. The van der Waals surface area contributed by atoms with Crippen LogP contribution in [0.3, 0.4) is 0 Å². The molecule has 0 aliphatic carbocycles. The third-order valence-corrected chi connectivity index (χ3v) is 4.43. The summed E-state index contributed by atoms with van der Waals surface area (Å²) in [5, 5.41) is 6.37. The molecule has 1 saturated heterocycles. The van der Waals surface area contributed by atoms with E-state index in [0.717, 1.165) is 6.26 Å². The Balaban J connectivity index is 2.06. The summed E-state index contributed by atoms with van der Waals surface area (Å²) in [5.74, 6) is 0.360. The number of nitrogens with one attached hydrogen (secondary N) is 1. The highest BCUT2D eigenvalue weighted by molar-refractivity contribution is 7.88. The number of aromatic nitrogens is 3. The van der Waals surface area contributed by atoms with Crippen molar-refractivity contribution in [2.24, 2.45) is 0 Å². The highest BCUT2D eigenvalue weighted by Crippen LogP contribution is 2.22. The van der Waals surface area contributed by atoms with Crippen LogP contribution in [0.25, 0.3) is 0 Å². The van der Waals surface area contributed by atoms with Gasteiger partial charge in [-0.1, -0.05) is 0 Å². The molecule has 0 aromatic carbocycles. The number of amides is 1. The number of carbonyl (C=O) groups excluding carboxylic acids is 1. The molecule has 1 unspecified atom stereocenters. The van der Waals surface area contributed by atoms with Crippen molar-refractivity contribution in [3.05, 3.63) is 12.2 Å².